The lowest BCUT2D eigenvalue weighted by Crippen LogP contribution is -2.48. The van der Waals surface area contributed by atoms with Gasteiger partial charge in [0.15, 0.2) is 5.60 Å². The van der Waals surface area contributed by atoms with Crippen LogP contribution in [0.15, 0.2) is 30.3 Å². The first kappa shape index (κ1) is 16.0. The highest BCUT2D eigenvalue weighted by Crippen LogP contribution is 2.40. The van der Waals surface area contributed by atoms with Gasteiger partial charge in [0, 0.05) is 0 Å². The van der Waals surface area contributed by atoms with Crippen molar-refractivity contribution in [3.8, 4) is 0 Å². The van der Waals surface area contributed by atoms with Gasteiger partial charge in [0.1, 0.15) is 0 Å². The fourth-order valence-corrected chi connectivity index (χ4v) is 2.98. The third kappa shape index (κ3) is 3.63. The summed E-state index contributed by atoms with van der Waals surface area (Å²) >= 11 is 0. The van der Waals surface area contributed by atoms with Crippen molar-refractivity contribution < 1.29 is 19.7 Å². The summed E-state index contributed by atoms with van der Waals surface area (Å²) in [4.78, 5) is 11.7. The van der Waals surface area contributed by atoms with E-state index in [-0.39, 0.29) is 0 Å². The predicted molar refractivity (Wildman–Crippen MR) is 80.2 cm³/mol. The van der Waals surface area contributed by atoms with Crippen molar-refractivity contribution in [2.45, 2.75) is 63.3 Å². The largest absolute Gasteiger partial charge is 0.479 e. The number of aliphatic carboxylic acids is 1. The third-order valence-corrected chi connectivity index (χ3v) is 4.54. The molecule has 0 aliphatic heterocycles. The van der Waals surface area contributed by atoms with Crippen LogP contribution in [0.4, 0.5) is 0 Å². The predicted octanol–water partition coefficient (Wildman–Crippen LogP) is 2.95. The lowest BCUT2D eigenvalue weighted by atomic mass is 9.76. The first-order valence-electron chi connectivity index (χ1n) is 7.59. The maximum absolute atomic E-state index is 11.7. The Kier molecular flexibility index (Phi) is 5.01. The van der Waals surface area contributed by atoms with E-state index in [4.69, 9.17) is 4.74 Å². The topological polar surface area (TPSA) is 66.8 Å². The Bertz CT molecular complexity index is 461. The molecule has 2 unspecified atom stereocenters. The molecule has 0 bridgehead atoms. The molecule has 2 atom stereocenters. The van der Waals surface area contributed by atoms with Crippen LogP contribution < -0.4 is 0 Å². The van der Waals surface area contributed by atoms with Crippen LogP contribution in [0.2, 0.25) is 0 Å². The van der Waals surface area contributed by atoms with Crippen LogP contribution >= 0.6 is 0 Å². The zero-order valence-corrected chi connectivity index (χ0v) is 12.7. The molecule has 21 heavy (non-hydrogen) atoms. The number of aliphatic hydroxyl groups is 1. The number of benzene rings is 1. The molecule has 2 rings (SSSR count). The third-order valence-electron chi connectivity index (χ3n) is 4.54. The van der Waals surface area contributed by atoms with E-state index in [9.17, 15) is 15.0 Å². The lowest BCUT2D eigenvalue weighted by Gasteiger charge is -2.39. The molecule has 0 heterocycles. The summed E-state index contributed by atoms with van der Waals surface area (Å²) in [6.45, 7) is 3.34. The van der Waals surface area contributed by atoms with Crippen LogP contribution in [0.1, 0.15) is 51.0 Å². The molecule has 4 heteroatoms. The number of carboxylic acid groups (broad SMARTS) is 1. The monoisotopic (exact) mass is 292 g/mol. The highest BCUT2D eigenvalue weighted by Gasteiger charge is 2.44. The van der Waals surface area contributed by atoms with Crippen molar-refractivity contribution in [3.05, 3.63) is 35.9 Å². The highest BCUT2D eigenvalue weighted by atomic mass is 16.5. The molecule has 1 aromatic rings. The lowest BCUT2D eigenvalue weighted by molar-refractivity contribution is -0.186. The molecule has 116 valence electrons. The van der Waals surface area contributed by atoms with Gasteiger partial charge in [-0.15, -0.1) is 0 Å². The molecule has 0 spiro atoms. The second-order valence-corrected chi connectivity index (χ2v) is 6.05. The van der Waals surface area contributed by atoms with Crippen molar-refractivity contribution in [3.63, 3.8) is 0 Å². The maximum Gasteiger partial charge on any atom is 0.335 e. The number of rotatable bonds is 5. The van der Waals surface area contributed by atoms with Crippen molar-refractivity contribution >= 4 is 5.97 Å². The Labute approximate surface area is 125 Å². The Balaban J connectivity index is 2.06. The Morgan fingerprint density at radius 2 is 1.81 bits per heavy atom. The minimum atomic E-state index is -1.15. The van der Waals surface area contributed by atoms with Crippen LogP contribution in [-0.2, 0) is 9.53 Å². The first-order chi connectivity index (χ1) is 9.94. The van der Waals surface area contributed by atoms with Gasteiger partial charge in [0.2, 0.25) is 0 Å². The van der Waals surface area contributed by atoms with Crippen LogP contribution in [0, 0.1) is 0 Å². The van der Waals surface area contributed by atoms with E-state index in [1.807, 2.05) is 18.2 Å². The van der Waals surface area contributed by atoms with E-state index in [1.54, 1.807) is 13.8 Å². The number of ether oxygens (including phenoxy) is 1. The summed E-state index contributed by atoms with van der Waals surface area (Å²) in [6.07, 6.45) is 1.41. The number of hydrogen-bond acceptors (Lipinski definition) is 3. The van der Waals surface area contributed by atoms with Gasteiger partial charge in [0.25, 0.3) is 0 Å². The average Bonchev–Trinajstić information content (AvgIpc) is 2.48. The molecule has 1 aromatic carbocycles. The second kappa shape index (κ2) is 6.58. The Morgan fingerprint density at radius 1 is 1.24 bits per heavy atom. The van der Waals surface area contributed by atoms with E-state index < -0.39 is 23.8 Å². The van der Waals surface area contributed by atoms with Crippen molar-refractivity contribution in [2.75, 3.05) is 0 Å². The molecule has 0 radical (unpaired) electrons. The van der Waals surface area contributed by atoms with Gasteiger partial charge in [0.05, 0.1) is 12.2 Å². The number of aliphatic hydroxyl groups excluding tert-OH is 1. The van der Waals surface area contributed by atoms with Gasteiger partial charge in [-0.05, 0) is 51.0 Å². The molecule has 0 saturated heterocycles. The van der Waals surface area contributed by atoms with Gasteiger partial charge in [-0.3, -0.25) is 0 Å². The van der Waals surface area contributed by atoms with Crippen LogP contribution in [-0.4, -0.2) is 34.0 Å². The minimum absolute atomic E-state index is 0.393. The number of hydrogen-bond donors (Lipinski definition) is 2. The van der Waals surface area contributed by atoms with E-state index >= 15 is 0 Å². The summed E-state index contributed by atoms with van der Waals surface area (Å²) in [5, 5.41) is 19.1. The van der Waals surface area contributed by atoms with Crippen LogP contribution in [0.3, 0.4) is 0 Å². The van der Waals surface area contributed by atoms with Crippen LogP contribution in [0.5, 0.6) is 0 Å². The van der Waals surface area contributed by atoms with Gasteiger partial charge in [-0.25, -0.2) is 4.79 Å². The maximum atomic E-state index is 11.7. The smallest absolute Gasteiger partial charge is 0.335 e. The number of carboxylic acids is 1. The molecule has 0 aromatic heterocycles. The van der Waals surface area contributed by atoms with Gasteiger partial charge in [-0.1, -0.05) is 30.3 Å². The molecule has 4 nitrogen and oxygen atoms in total. The molecular weight excluding hydrogens is 268 g/mol. The minimum Gasteiger partial charge on any atom is -0.479 e. The number of carbonyl (C=O) groups is 1. The summed E-state index contributed by atoms with van der Waals surface area (Å²) in [5.41, 5.74) is 0.113. The zero-order chi connectivity index (χ0) is 15.5. The van der Waals surface area contributed by atoms with Gasteiger partial charge in [-0.2, -0.15) is 0 Å². The van der Waals surface area contributed by atoms with E-state index in [0.717, 1.165) is 12.8 Å². The summed E-state index contributed by atoms with van der Waals surface area (Å²) < 4.78 is 5.74. The molecular formula is C17H24O4. The summed E-state index contributed by atoms with van der Waals surface area (Å²) in [7, 11) is 0. The first-order valence-corrected chi connectivity index (χ1v) is 7.59. The van der Waals surface area contributed by atoms with Gasteiger partial charge >= 0.3 is 5.97 Å². The fourth-order valence-electron chi connectivity index (χ4n) is 2.98. The summed E-state index contributed by atoms with van der Waals surface area (Å²) in [5.74, 6) is -0.523. The quantitative estimate of drug-likeness (QED) is 0.875. The molecule has 2 N–H and O–H groups in total. The Hall–Kier alpha value is -1.39. The molecule has 1 aliphatic carbocycles. The van der Waals surface area contributed by atoms with Crippen LogP contribution in [0.25, 0.3) is 0 Å². The Morgan fingerprint density at radius 3 is 2.29 bits per heavy atom. The van der Waals surface area contributed by atoms with E-state index in [2.05, 4.69) is 12.1 Å². The van der Waals surface area contributed by atoms with Crippen molar-refractivity contribution in [1.29, 1.82) is 0 Å². The van der Waals surface area contributed by atoms with E-state index in [1.165, 1.54) is 5.56 Å². The normalized spacial score (nSPS) is 28.8. The molecule has 1 fully saturated rings. The zero-order valence-electron chi connectivity index (χ0n) is 12.7. The fraction of sp³-hybridized carbons (Fsp3) is 0.588. The summed E-state index contributed by atoms with van der Waals surface area (Å²) in [6, 6.07) is 10.2. The SMILES string of the molecule is CC(O)C(C)OC1(C(=O)O)CCC(c2ccccc2)CC1. The van der Waals surface area contributed by atoms with Gasteiger partial charge < -0.3 is 14.9 Å². The van der Waals surface area contributed by atoms with Crippen molar-refractivity contribution in [1.82, 2.24) is 0 Å². The standard InChI is InChI=1S/C17H24O4/c1-12(18)13(2)21-17(16(19)20)10-8-15(9-11-17)14-6-4-3-5-7-14/h3-7,12-13,15,18H,8-11H2,1-2H3,(H,19,20). The second-order valence-electron chi connectivity index (χ2n) is 6.05. The van der Waals surface area contributed by atoms with Crippen molar-refractivity contribution in [2.24, 2.45) is 0 Å². The molecule has 1 aliphatic rings. The molecule has 0 amide bonds. The highest BCUT2D eigenvalue weighted by molar-refractivity contribution is 5.77. The molecule has 1 saturated carbocycles. The average molecular weight is 292 g/mol. The van der Waals surface area contributed by atoms with E-state index in [0.29, 0.717) is 18.8 Å².